The number of ether oxygens (including phenoxy) is 3. The first-order valence-corrected chi connectivity index (χ1v) is 11.5. The lowest BCUT2D eigenvalue weighted by Gasteiger charge is -2.11. The molecule has 0 radical (unpaired) electrons. The molecule has 2 N–H and O–H groups in total. The molecule has 1 aromatic heterocycles. The number of para-hydroxylation sites is 1. The maximum absolute atomic E-state index is 12.4. The van der Waals surface area contributed by atoms with Gasteiger partial charge in [-0.2, -0.15) is 0 Å². The van der Waals surface area contributed by atoms with Crippen LogP contribution in [0.4, 0.5) is 5.00 Å². The molecule has 33 heavy (non-hydrogen) atoms. The predicted molar refractivity (Wildman–Crippen MR) is 122 cm³/mol. The second kappa shape index (κ2) is 11.5. The van der Waals surface area contributed by atoms with Crippen LogP contribution in [-0.2, 0) is 31.9 Å². The lowest BCUT2D eigenvalue weighted by molar-refractivity contribution is -0.146. The molecule has 0 saturated carbocycles. The third kappa shape index (κ3) is 6.10. The first-order chi connectivity index (χ1) is 15.9. The summed E-state index contributed by atoms with van der Waals surface area (Å²) >= 11 is 1.34. The molecular formula is C23H26N2O7S. The van der Waals surface area contributed by atoms with Crippen LogP contribution in [0, 0.1) is 0 Å². The molecule has 0 aliphatic heterocycles. The molecule has 9 nitrogen and oxygen atoms in total. The van der Waals surface area contributed by atoms with Crippen molar-refractivity contribution in [2.45, 2.75) is 33.1 Å². The van der Waals surface area contributed by atoms with Crippen LogP contribution in [0.1, 0.15) is 51.4 Å². The molecule has 176 valence electrons. The molecule has 2 amide bonds. The van der Waals surface area contributed by atoms with E-state index in [1.165, 1.54) is 11.3 Å². The van der Waals surface area contributed by atoms with Crippen LogP contribution in [-0.4, -0.2) is 50.1 Å². The van der Waals surface area contributed by atoms with E-state index in [-0.39, 0.29) is 6.61 Å². The van der Waals surface area contributed by atoms with Crippen LogP contribution in [0.3, 0.4) is 0 Å². The first kappa shape index (κ1) is 24.2. The van der Waals surface area contributed by atoms with Gasteiger partial charge in [-0.05, 0) is 50.8 Å². The van der Waals surface area contributed by atoms with Crippen molar-refractivity contribution in [1.82, 2.24) is 5.32 Å². The fraction of sp³-hybridized carbons (Fsp3) is 0.391. The number of nitrogens with one attached hydrogen (secondary N) is 2. The summed E-state index contributed by atoms with van der Waals surface area (Å²) in [4.78, 5) is 50.1. The van der Waals surface area contributed by atoms with Gasteiger partial charge in [-0.15, -0.1) is 11.3 Å². The first-order valence-electron chi connectivity index (χ1n) is 10.7. The van der Waals surface area contributed by atoms with Crippen LogP contribution < -0.4 is 15.4 Å². The van der Waals surface area contributed by atoms with Crippen molar-refractivity contribution in [3.05, 3.63) is 45.8 Å². The van der Waals surface area contributed by atoms with Crippen molar-refractivity contribution in [3.8, 4) is 5.75 Å². The van der Waals surface area contributed by atoms with E-state index in [1.54, 1.807) is 38.1 Å². The van der Waals surface area contributed by atoms with Gasteiger partial charge in [-0.1, -0.05) is 12.1 Å². The summed E-state index contributed by atoms with van der Waals surface area (Å²) < 4.78 is 15.5. The number of carbonyl (C=O) groups is 4. The van der Waals surface area contributed by atoms with Gasteiger partial charge in [0, 0.05) is 4.88 Å². The Labute approximate surface area is 195 Å². The molecule has 2 aromatic rings. The number of carbonyl (C=O) groups excluding carboxylic acids is 4. The van der Waals surface area contributed by atoms with Gasteiger partial charge < -0.3 is 24.8 Å². The lowest BCUT2D eigenvalue weighted by Crippen LogP contribution is -2.32. The molecule has 10 heteroatoms. The van der Waals surface area contributed by atoms with E-state index < -0.39 is 36.9 Å². The smallest absolute Gasteiger partial charge is 0.341 e. The molecule has 1 aromatic carbocycles. The van der Waals surface area contributed by atoms with Gasteiger partial charge in [0.25, 0.3) is 11.8 Å². The van der Waals surface area contributed by atoms with Crippen LogP contribution in [0.5, 0.6) is 5.75 Å². The highest BCUT2D eigenvalue weighted by molar-refractivity contribution is 7.17. The Kier molecular flexibility index (Phi) is 8.42. The van der Waals surface area contributed by atoms with Crippen molar-refractivity contribution in [1.29, 1.82) is 0 Å². The fourth-order valence-electron chi connectivity index (χ4n) is 3.45. The minimum atomic E-state index is -0.772. The van der Waals surface area contributed by atoms with Crippen molar-refractivity contribution in [2.75, 3.05) is 31.7 Å². The maximum Gasteiger partial charge on any atom is 0.341 e. The van der Waals surface area contributed by atoms with Gasteiger partial charge in [0.05, 0.1) is 24.3 Å². The van der Waals surface area contributed by atoms with E-state index in [0.29, 0.717) is 28.5 Å². The third-order valence-corrected chi connectivity index (χ3v) is 6.05. The highest BCUT2D eigenvalue weighted by Crippen LogP contribution is 2.39. The highest BCUT2D eigenvalue weighted by Gasteiger charge is 2.28. The largest absolute Gasteiger partial charge is 0.493 e. The van der Waals surface area contributed by atoms with Crippen molar-refractivity contribution in [2.24, 2.45) is 0 Å². The number of hydrogen-bond acceptors (Lipinski definition) is 8. The van der Waals surface area contributed by atoms with Gasteiger partial charge >= 0.3 is 11.9 Å². The average Bonchev–Trinajstić information content (AvgIpc) is 3.37. The lowest BCUT2D eigenvalue weighted by atomic mass is 10.1. The zero-order chi connectivity index (χ0) is 23.8. The monoisotopic (exact) mass is 474 g/mol. The van der Waals surface area contributed by atoms with E-state index in [2.05, 4.69) is 10.6 Å². The SMILES string of the molecule is CCOC(=O)c1c(NC(=O)COC(=O)CNC(=O)c2ccccc2OCC)sc2c1CCC2. The number of esters is 2. The Bertz CT molecular complexity index is 1050. The topological polar surface area (TPSA) is 120 Å². The summed E-state index contributed by atoms with van der Waals surface area (Å²) in [6, 6.07) is 6.67. The Hall–Kier alpha value is -3.40. The molecule has 0 saturated heterocycles. The molecule has 0 spiro atoms. The van der Waals surface area contributed by atoms with Crippen LogP contribution in [0.2, 0.25) is 0 Å². The molecule has 1 heterocycles. The van der Waals surface area contributed by atoms with Crippen LogP contribution >= 0.6 is 11.3 Å². The van der Waals surface area contributed by atoms with E-state index >= 15 is 0 Å². The molecular weight excluding hydrogens is 448 g/mol. The highest BCUT2D eigenvalue weighted by atomic mass is 32.1. The summed E-state index contributed by atoms with van der Waals surface area (Å²) in [6.45, 7) is 3.19. The summed E-state index contributed by atoms with van der Waals surface area (Å²) in [7, 11) is 0. The van der Waals surface area contributed by atoms with Gasteiger partial charge in [-0.25, -0.2) is 4.79 Å². The fourth-order valence-corrected chi connectivity index (χ4v) is 4.75. The normalized spacial score (nSPS) is 11.9. The number of thiophene rings is 1. The minimum absolute atomic E-state index is 0.231. The Balaban J connectivity index is 1.51. The molecule has 3 rings (SSSR count). The third-order valence-electron chi connectivity index (χ3n) is 4.84. The molecule has 0 atom stereocenters. The van der Waals surface area contributed by atoms with Crippen LogP contribution in [0.25, 0.3) is 0 Å². The average molecular weight is 475 g/mol. The zero-order valence-corrected chi connectivity index (χ0v) is 19.3. The van der Waals surface area contributed by atoms with Crippen molar-refractivity contribution < 1.29 is 33.4 Å². The number of rotatable bonds is 10. The summed E-state index contributed by atoms with van der Waals surface area (Å²) in [5.74, 6) is -1.91. The summed E-state index contributed by atoms with van der Waals surface area (Å²) in [6.07, 6.45) is 2.57. The van der Waals surface area contributed by atoms with Gasteiger partial charge in [0.15, 0.2) is 6.61 Å². The molecule has 0 bridgehead atoms. The van der Waals surface area contributed by atoms with E-state index in [1.807, 2.05) is 0 Å². The quantitative estimate of drug-likeness (QED) is 0.508. The zero-order valence-electron chi connectivity index (χ0n) is 18.5. The minimum Gasteiger partial charge on any atom is -0.493 e. The predicted octanol–water partition coefficient (Wildman–Crippen LogP) is 2.72. The molecule has 0 fully saturated rings. The second-order valence-corrected chi connectivity index (χ2v) is 8.21. The van der Waals surface area contributed by atoms with Gasteiger partial charge in [0.2, 0.25) is 0 Å². The number of amides is 2. The van der Waals surface area contributed by atoms with Crippen LogP contribution in [0.15, 0.2) is 24.3 Å². The second-order valence-electron chi connectivity index (χ2n) is 7.10. The van der Waals surface area contributed by atoms with E-state index in [0.717, 1.165) is 29.7 Å². The number of anilines is 1. The summed E-state index contributed by atoms with van der Waals surface area (Å²) in [5, 5.41) is 5.50. The van der Waals surface area contributed by atoms with E-state index in [9.17, 15) is 19.2 Å². The maximum atomic E-state index is 12.4. The van der Waals surface area contributed by atoms with Crippen molar-refractivity contribution >= 4 is 40.1 Å². The van der Waals surface area contributed by atoms with Crippen molar-refractivity contribution in [3.63, 3.8) is 0 Å². The van der Waals surface area contributed by atoms with Gasteiger partial charge in [-0.3, -0.25) is 14.4 Å². The number of fused-ring (bicyclic) bond motifs is 1. The van der Waals surface area contributed by atoms with E-state index in [4.69, 9.17) is 14.2 Å². The summed E-state index contributed by atoms with van der Waals surface area (Å²) in [5.41, 5.74) is 1.59. The Morgan fingerprint density at radius 1 is 1.03 bits per heavy atom. The molecule has 0 unspecified atom stereocenters. The molecule has 1 aliphatic rings. The standard InChI is InChI=1S/C23H26N2O7S/c1-3-30-16-10-6-5-8-14(16)21(28)24-12-19(27)32-13-18(26)25-22-20(23(29)31-4-2)15-9-7-11-17(15)33-22/h5-6,8,10H,3-4,7,9,11-13H2,1-2H3,(H,24,28)(H,25,26). The number of aryl methyl sites for hydroxylation is 1. The Morgan fingerprint density at radius 3 is 2.58 bits per heavy atom. The molecule has 1 aliphatic carbocycles. The Morgan fingerprint density at radius 2 is 1.82 bits per heavy atom. The number of hydrogen-bond donors (Lipinski definition) is 2. The van der Waals surface area contributed by atoms with Gasteiger partial charge in [0.1, 0.15) is 17.3 Å². The number of benzene rings is 1.